The fraction of sp³-hybridized carbons (Fsp3) is 0.929. The fourth-order valence-electron chi connectivity index (χ4n) is 8.85. The van der Waals surface area contributed by atoms with Gasteiger partial charge in [0.15, 0.2) is 0 Å². The predicted octanol–water partition coefficient (Wildman–Crippen LogP) is 8.04. The van der Waals surface area contributed by atoms with Crippen molar-refractivity contribution in [3.05, 3.63) is 11.6 Å². The molecule has 166 valence electrons. The first kappa shape index (κ1) is 21.9. The quantitative estimate of drug-likeness (QED) is 0.410. The molecular formula is C28H48O. The predicted molar refractivity (Wildman–Crippen MR) is 124 cm³/mol. The molecule has 3 saturated carbocycles. The summed E-state index contributed by atoms with van der Waals surface area (Å²) in [4.78, 5) is 0. The van der Waals surface area contributed by atoms with Crippen LogP contribution >= 0.6 is 0 Å². The average Bonchev–Trinajstić information content (AvgIpc) is 3.04. The normalized spacial score (nSPS) is 45.3. The summed E-state index contributed by atoms with van der Waals surface area (Å²) in [6.07, 6.45) is 18.7. The Balaban J connectivity index is 1.48. The van der Waals surface area contributed by atoms with Gasteiger partial charge in [-0.2, -0.15) is 0 Å². The topological polar surface area (TPSA) is 9.23 Å². The monoisotopic (exact) mass is 400 g/mol. The van der Waals surface area contributed by atoms with Crippen molar-refractivity contribution in [1.82, 2.24) is 0 Å². The summed E-state index contributed by atoms with van der Waals surface area (Å²) in [6.45, 7) is 12.7. The average molecular weight is 401 g/mol. The van der Waals surface area contributed by atoms with Crippen molar-refractivity contribution in [2.45, 2.75) is 111 Å². The molecule has 0 heterocycles. The van der Waals surface area contributed by atoms with Gasteiger partial charge in [-0.05, 0) is 97.7 Å². The molecule has 0 N–H and O–H groups in total. The highest BCUT2D eigenvalue weighted by Crippen LogP contribution is 2.67. The van der Waals surface area contributed by atoms with E-state index in [0.29, 0.717) is 16.9 Å². The molecule has 2 unspecified atom stereocenters. The van der Waals surface area contributed by atoms with E-state index in [2.05, 4.69) is 40.7 Å². The molecule has 8 atom stereocenters. The maximum Gasteiger partial charge on any atom is 0.0608 e. The molecular weight excluding hydrogens is 352 g/mol. The van der Waals surface area contributed by atoms with Gasteiger partial charge in [0, 0.05) is 7.11 Å². The van der Waals surface area contributed by atoms with Crippen LogP contribution in [0.5, 0.6) is 0 Å². The molecule has 0 aliphatic heterocycles. The molecule has 3 fully saturated rings. The van der Waals surface area contributed by atoms with E-state index in [4.69, 9.17) is 4.74 Å². The summed E-state index contributed by atoms with van der Waals surface area (Å²) < 4.78 is 5.75. The Labute approximate surface area is 181 Å². The molecule has 4 rings (SSSR count). The minimum Gasteiger partial charge on any atom is -0.381 e. The van der Waals surface area contributed by atoms with E-state index in [1.165, 1.54) is 70.6 Å². The molecule has 0 aromatic heterocycles. The van der Waals surface area contributed by atoms with Crippen molar-refractivity contribution in [3.8, 4) is 0 Å². The van der Waals surface area contributed by atoms with E-state index in [-0.39, 0.29) is 0 Å². The highest BCUT2D eigenvalue weighted by atomic mass is 16.5. The van der Waals surface area contributed by atoms with Gasteiger partial charge >= 0.3 is 0 Å². The van der Waals surface area contributed by atoms with Crippen LogP contribution in [0.2, 0.25) is 0 Å². The van der Waals surface area contributed by atoms with Crippen LogP contribution in [0.15, 0.2) is 11.6 Å². The standard InChI is InChI=1S/C28H48O/c1-19(2)8-7-9-20(3)24-12-13-25-23-11-10-21-18-22(29-6)14-16-27(21,4)26(23)15-17-28(24,25)5/h10,19-20,22-26H,7-9,11-18H2,1-6H3/t20-,22-,23-,24-,25?,26+,27-,28?/m0/s1. The molecule has 0 aromatic rings. The zero-order chi connectivity index (χ0) is 20.8. The van der Waals surface area contributed by atoms with Gasteiger partial charge in [0.05, 0.1) is 6.10 Å². The van der Waals surface area contributed by atoms with Crippen LogP contribution in [-0.2, 0) is 4.74 Å². The van der Waals surface area contributed by atoms with Crippen LogP contribution in [0.1, 0.15) is 105 Å². The van der Waals surface area contributed by atoms with Crippen molar-refractivity contribution in [1.29, 1.82) is 0 Å². The number of allylic oxidation sites excluding steroid dienone is 1. The smallest absolute Gasteiger partial charge is 0.0608 e. The van der Waals surface area contributed by atoms with E-state index < -0.39 is 0 Å². The molecule has 0 saturated heterocycles. The minimum absolute atomic E-state index is 0.472. The Morgan fingerprint density at radius 2 is 1.79 bits per heavy atom. The van der Waals surface area contributed by atoms with Crippen molar-refractivity contribution in [2.24, 2.45) is 46.3 Å². The number of fused-ring (bicyclic) bond motifs is 5. The number of rotatable bonds is 6. The summed E-state index contributed by atoms with van der Waals surface area (Å²) in [5.74, 6) is 5.63. The second-order valence-corrected chi connectivity index (χ2v) is 12.4. The fourth-order valence-corrected chi connectivity index (χ4v) is 8.85. The number of ether oxygens (including phenoxy) is 1. The maximum absolute atomic E-state index is 5.75. The third-order valence-corrected chi connectivity index (χ3v) is 10.6. The van der Waals surface area contributed by atoms with Crippen molar-refractivity contribution in [2.75, 3.05) is 7.11 Å². The lowest BCUT2D eigenvalue weighted by Crippen LogP contribution is -2.50. The zero-order valence-corrected chi connectivity index (χ0v) is 20.3. The Morgan fingerprint density at radius 1 is 1.00 bits per heavy atom. The molecule has 0 radical (unpaired) electrons. The second-order valence-electron chi connectivity index (χ2n) is 12.4. The van der Waals surface area contributed by atoms with Crippen molar-refractivity contribution < 1.29 is 4.74 Å². The summed E-state index contributed by atoms with van der Waals surface area (Å²) in [7, 11) is 1.91. The first-order chi connectivity index (χ1) is 13.8. The van der Waals surface area contributed by atoms with E-state index in [0.717, 1.165) is 35.5 Å². The third-order valence-electron chi connectivity index (χ3n) is 10.6. The van der Waals surface area contributed by atoms with E-state index in [1.807, 2.05) is 7.11 Å². The first-order valence-corrected chi connectivity index (χ1v) is 13.0. The van der Waals surface area contributed by atoms with Gasteiger partial charge in [0.1, 0.15) is 0 Å². The van der Waals surface area contributed by atoms with Gasteiger partial charge in [-0.3, -0.25) is 0 Å². The number of hydrogen-bond donors (Lipinski definition) is 0. The Bertz CT molecular complexity index is 605. The second kappa shape index (κ2) is 8.33. The number of methoxy groups -OCH3 is 1. The molecule has 1 heteroatoms. The molecule has 1 nitrogen and oxygen atoms in total. The lowest BCUT2D eigenvalue weighted by Gasteiger charge is -2.58. The summed E-state index contributed by atoms with van der Waals surface area (Å²) in [6, 6.07) is 0. The van der Waals surface area contributed by atoms with Gasteiger partial charge in [-0.25, -0.2) is 0 Å². The molecule has 0 aromatic carbocycles. The highest BCUT2D eigenvalue weighted by Gasteiger charge is 2.59. The van der Waals surface area contributed by atoms with E-state index in [9.17, 15) is 0 Å². The van der Waals surface area contributed by atoms with Crippen LogP contribution in [0.3, 0.4) is 0 Å². The first-order valence-electron chi connectivity index (χ1n) is 13.0. The molecule has 0 amide bonds. The van der Waals surface area contributed by atoms with Crippen LogP contribution < -0.4 is 0 Å². The highest BCUT2D eigenvalue weighted by molar-refractivity contribution is 5.25. The van der Waals surface area contributed by atoms with Crippen molar-refractivity contribution in [3.63, 3.8) is 0 Å². The summed E-state index contributed by atoms with van der Waals surface area (Å²) in [5, 5.41) is 0. The lowest BCUT2D eigenvalue weighted by molar-refractivity contribution is -0.0601. The van der Waals surface area contributed by atoms with Crippen LogP contribution in [-0.4, -0.2) is 13.2 Å². The third kappa shape index (κ3) is 3.77. The molecule has 4 aliphatic carbocycles. The van der Waals surface area contributed by atoms with E-state index in [1.54, 1.807) is 5.57 Å². The Kier molecular flexibility index (Phi) is 6.29. The van der Waals surface area contributed by atoms with Gasteiger partial charge in [-0.1, -0.05) is 65.5 Å². The van der Waals surface area contributed by atoms with E-state index >= 15 is 0 Å². The van der Waals surface area contributed by atoms with Gasteiger partial charge in [0.25, 0.3) is 0 Å². The number of hydrogen-bond acceptors (Lipinski definition) is 1. The lowest BCUT2D eigenvalue weighted by atomic mass is 9.47. The van der Waals surface area contributed by atoms with Crippen LogP contribution in [0.4, 0.5) is 0 Å². The van der Waals surface area contributed by atoms with Crippen LogP contribution in [0.25, 0.3) is 0 Å². The van der Waals surface area contributed by atoms with Gasteiger partial charge in [0.2, 0.25) is 0 Å². The summed E-state index contributed by atoms with van der Waals surface area (Å²) in [5.41, 5.74) is 2.85. The minimum atomic E-state index is 0.472. The Morgan fingerprint density at radius 3 is 2.52 bits per heavy atom. The maximum atomic E-state index is 5.75. The molecule has 0 bridgehead atoms. The summed E-state index contributed by atoms with van der Waals surface area (Å²) >= 11 is 0. The zero-order valence-electron chi connectivity index (χ0n) is 20.3. The molecule has 4 aliphatic rings. The van der Waals surface area contributed by atoms with Gasteiger partial charge < -0.3 is 4.74 Å². The Hall–Kier alpha value is -0.300. The molecule has 29 heavy (non-hydrogen) atoms. The largest absolute Gasteiger partial charge is 0.381 e. The van der Waals surface area contributed by atoms with Crippen molar-refractivity contribution >= 4 is 0 Å². The SMILES string of the molecule is CO[C@H]1CC[C@@]2(C)C(=CC[C@H]3C4CC[C@@H]([C@@H](C)CCCC(C)C)C4(C)CC[C@H]32)C1. The van der Waals surface area contributed by atoms with Crippen LogP contribution in [0, 0.1) is 46.3 Å². The molecule has 0 spiro atoms. The van der Waals surface area contributed by atoms with Gasteiger partial charge in [-0.15, -0.1) is 0 Å².